The summed E-state index contributed by atoms with van der Waals surface area (Å²) in [4.78, 5) is 10.8. The zero-order valence-electron chi connectivity index (χ0n) is 9.60. The van der Waals surface area contributed by atoms with Gasteiger partial charge in [0.2, 0.25) is 0 Å². The monoisotopic (exact) mass is 232 g/mol. The molecule has 0 atom stereocenters. The molecule has 0 aliphatic carbocycles. The number of benzene rings is 1. The lowest BCUT2D eigenvalue weighted by molar-refractivity contribution is -0.133. The van der Waals surface area contributed by atoms with Gasteiger partial charge >= 0.3 is 5.97 Å². The van der Waals surface area contributed by atoms with Crippen LogP contribution >= 0.6 is 0 Å². The average molecular weight is 232 g/mol. The lowest BCUT2D eigenvalue weighted by Gasteiger charge is -2.01. The van der Waals surface area contributed by atoms with Crippen molar-refractivity contribution < 1.29 is 18.7 Å². The largest absolute Gasteiger partial charge is 0.497 e. The number of carbonyl (C=O) groups is 1. The van der Waals surface area contributed by atoms with Gasteiger partial charge in [-0.2, -0.15) is 0 Å². The molecule has 0 amide bonds. The van der Waals surface area contributed by atoms with Gasteiger partial charge in [-0.1, -0.05) is 12.1 Å². The van der Waals surface area contributed by atoms with E-state index < -0.39 is 5.97 Å². The van der Waals surface area contributed by atoms with E-state index in [-0.39, 0.29) is 5.95 Å². The molecule has 0 saturated heterocycles. The van der Waals surface area contributed by atoms with Gasteiger partial charge < -0.3 is 13.9 Å². The normalized spacial score (nSPS) is 10.0. The van der Waals surface area contributed by atoms with Gasteiger partial charge in [-0.3, -0.25) is 4.79 Å². The van der Waals surface area contributed by atoms with Crippen molar-refractivity contribution in [3.8, 4) is 23.0 Å². The summed E-state index contributed by atoms with van der Waals surface area (Å²) in [6.45, 7) is 1.33. The number of hydrogen-bond donors (Lipinski definition) is 0. The van der Waals surface area contributed by atoms with Gasteiger partial charge in [0, 0.05) is 18.6 Å². The lowest BCUT2D eigenvalue weighted by Crippen LogP contribution is -1.99. The van der Waals surface area contributed by atoms with Crippen LogP contribution in [0.25, 0.3) is 11.3 Å². The van der Waals surface area contributed by atoms with Crippen LogP contribution in [0.15, 0.2) is 40.8 Å². The van der Waals surface area contributed by atoms with Crippen LogP contribution in [0.4, 0.5) is 0 Å². The van der Waals surface area contributed by atoms with Crippen LogP contribution in [0.3, 0.4) is 0 Å². The molecule has 2 rings (SSSR count). The molecule has 0 spiro atoms. The molecular weight excluding hydrogens is 220 g/mol. The van der Waals surface area contributed by atoms with Gasteiger partial charge in [0.25, 0.3) is 5.95 Å². The van der Waals surface area contributed by atoms with Crippen LogP contribution in [-0.4, -0.2) is 13.1 Å². The van der Waals surface area contributed by atoms with Crippen molar-refractivity contribution in [1.82, 2.24) is 0 Å². The SMILES string of the molecule is COc1cccc(-c2ccc(OC(C)=O)o2)c1. The summed E-state index contributed by atoms with van der Waals surface area (Å²) in [6.07, 6.45) is 0. The van der Waals surface area contributed by atoms with Crippen molar-refractivity contribution in [2.24, 2.45) is 0 Å². The number of ether oxygens (including phenoxy) is 2. The molecule has 0 radical (unpaired) electrons. The summed E-state index contributed by atoms with van der Waals surface area (Å²) in [5.41, 5.74) is 0.864. The smallest absolute Gasteiger partial charge is 0.310 e. The van der Waals surface area contributed by atoms with E-state index in [1.54, 1.807) is 19.2 Å². The molecule has 0 fully saturated rings. The van der Waals surface area contributed by atoms with E-state index in [1.165, 1.54) is 6.92 Å². The summed E-state index contributed by atoms with van der Waals surface area (Å²) >= 11 is 0. The van der Waals surface area contributed by atoms with Crippen LogP contribution in [0, 0.1) is 0 Å². The topological polar surface area (TPSA) is 48.7 Å². The minimum atomic E-state index is -0.406. The van der Waals surface area contributed by atoms with Gasteiger partial charge in [0.1, 0.15) is 11.5 Å². The second-order valence-corrected chi connectivity index (χ2v) is 3.44. The van der Waals surface area contributed by atoms with Crippen LogP contribution in [0.5, 0.6) is 11.7 Å². The zero-order chi connectivity index (χ0) is 12.3. The fourth-order valence-electron chi connectivity index (χ4n) is 1.45. The third-order valence-corrected chi connectivity index (χ3v) is 2.18. The van der Waals surface area contributed by atoms with Gasteiger partial charge in [0.15, 0.2) is 0 Å². The van der Waals surface area contributed by atoms with Crippen LogP contribution in [0.2, 0.25) is 0 Å². The fourth-order valence-corrected chi connectivity index (χ4v) is 1.45. The van der Waals surface area contributed by atoms with Gasteiger partial charge in [0.05, 0.1) is 7.11 Å². The highest BCUT2D eigenvalue weighted by Crippen LogP contribution is 2.28. The van der Waals surface area contributed by atoms with E-state index in [2.05, 4.69) is 0 Å². The molecule has 17 heavy (non-hydrogen) atoms. The number of hydrogen-bond acceptors (Lipinski definition) is 4. The summed E-state index contributed by atoms with van der Waals surface area (Å²) in [5, 5.41) is 0. The van der Waals surface area contributed by atoms with Crippen molar-refractivity contribution in [2.75, 3.05) is 7.11 Å². The molecule has 0 bridgehead atoms. The maximum absolute atomic E-state index is 10.8. The summed E-state index contributed by atoms with van der Waals surface area (Å²) in [7, 11) is 1.60. The van der Waals surface area contributed by atoms with Crippen LogP contribution in [-0.2, 0) is 4.79 Å². The molecule has 2 aromatic rings. The van der Waals surface area contributed by atoms with Crippen LogP contribution in [0.1, 0.15) is 6.92 Å². The number of furan rings is 1. The Kier molecular flexibility index (Phi) is 3.14. The number of methoxy groups -OCH3 is 1. The fraction of sp³-hybridized carbons (Fsp3) is 0.154. The standard InChI is InChI=1S/C13H12O4/c1-9(14)16-13-7-6-12(17-13)10-4-3-5-11(8-10)15-2/h3-8H,1-2H3. The van der Waals surface area contributed by atoms with Crippen molar-refractivity contribution in [3.63, 3.8) is 0 Å². The van der Waals surface area contributed by atoms with E-state index in [9.17, 15) is 4.79 Å². The highest BCUT2D eigenvalue weighted by Gasteiger charge is 2.07. The maximum Gasteiger partial charge on any atom is 0.310 e. The number of carbonyl (C=O) groups excluding carboxylic acids is 1. The Balaban J connectivity index is 2.26. The molecule has 0 aliphatic heterocycles. The van der Waals surface area contributed by atoms with Crippen molar-refractivity contribution in [1.29, 1.82) is 0 Å². The first-order chi connectivity index (χ1) is 8.19. The van der Waals surface area contributed by atoms with Gasteiger partial charge in [-0.15, -0.1) is 0 Å². The van der Waals surface area contributed by atoms with E-state index in [1.807, 2.05) is 24.3 Å². The quantitative estimate of drug-likeness (QED) is 0.763. The minimum absolute atomic E-state index is 0.190. The molecular formula is C13H12O4. The first-order valence-corrected chi connectivity index (χ1v) is 5.12. The predicted molar refractivity (Wildman–Crippen MR) is 62.0 cm³/mol. The second kappa shape index (κ2) is 4.74. The summed E-state index contributed by atoms with van der Waals surface area (Å²) < 4.78 is 15.3. The Morgan fingerprint density at radius 1 is 1.24 bits per heavy atom. The molecule has 0 saturated carbocycles. The number of rotatable bonds is 3. The molecule has 1 aromatic heterocycles. The van der Waals surface area contributed by atoms with Crippen LogP contribution < -0.4 is 9.47 Å². The Morgan fingerprint density at radius 3 is 2.76 bits per heavy atom. The molecule has 1 aromatic carbocycles. The Morgan fingerprint density at radius 2 is 2.06 bits per heavy atom. The first kappa shape index (κ1) is 11.3. The third kappa shape index (κ3) is 2.66. The summed E-state index contributed by atoms with van der Waals surface area (Å²) in [5.74, 6) is 1.15. The minimum Gasteiger partial charge on any atom is -0.497 e. The zero-order valence-corrected chi connectivity index (χ0v) is 9.60. The van der Waals surface area contributed by atoms with Crippen molar-refractivity contribution in [3.05, 3.63) is 36.4 Å². The van der Waals surface area contributed by atoms with Crippen molar-refractivity contribution in [2.45, 2.75) is 6.92 Å². The predicted octanol–water partition coefficient (Wildman–Crippen LogP) is 2.88. The molecule has 4 nitrogen and oxygen atoms in total. The summed E-state index contributed by atoms with van der Waals surface area (Å²) in [6, 6.07) is 10.8. The van der Waals surface area contributed by atoms with E-state index in [0.29, 0.717) is 5.76 Å². The molecule has 0 unspecified atom stereocenters. The number of esters is 1. The highest BCUT2D eigenvalue weighted by atomic mass is 16.6. The van der Waals surface area contributed by atoms with Crippen molar-refractivity contribution >= 4 is 5.97 Å². The third-order valence-electron chi connectivity index (χ3n) is 2.18. The molecule has 88 valence electrons. The van der Waals surface area contributed by atoms with Gasteiger partial charge in [-0.25, -0.2) is 0 Å². The highest BCUT2D eigenvalue weighted by molar-refractivity contribution is 5.69. The molecule has 4 heteroatoms. The maximum atomic E-state index is 10.8. The van der Waals surface area contributed by atoms with E-state index in [0.717, 1.165) is 11.3 Å². The first-order valence-electron chi connectivity index (χ1n) is 5.12. The molecule has 0 N–H and O–H groups in total. The van der Waals surface area contributed by atoms with Gasteiger partial charge in [-0.05, 0) is 18.2 Å². The average Bonchev–Trinajstić information content (AvgIpc) is 2.77. The van der Waals surface area contributed by atoms with E-state index in [4.69, 9.17) is 13.9 Å². The Bertz CT molecular complexity index is 528. The second-order valence-electron chi connectivity index (χ2n) is 3.44. The van der Waals surface area contributed by atoms with E-state index >= 15 is 0 Å². The molecule has 1 heterocycles. The molecule has 0 aliphatic rings. The lowest BCUT2D eigenvalue weighted by atomic mass is 10.2. The Hall–Kier alpha value is -2.23. The Labute approximate surface area is 98.8 Å².